The molecular weight excluding hydrogens is 379 g/mol. The number of anilines is 1. The minimum atomic E-state index is -0.334. The van der Waals surface area contributed by atoms with Crippen LogP contribution in [-0.2, 0) is 4.74 Å². The molecule has 1 atom stereocenters. The first kappa shape index (κ1) is 18.7. The van der Waals surface area contributed by atoms with Crippen molar-refractivity contribution in [3.05, 3.63) is 59.4 Å². The minimum Gasteiger partial charge on any atom is -0.376 e. The summed E-state index contributed by atoms with van der Waals surface area (Å²) < 4.78 is 20.0. The number of carbonyl (C=O) groups is 2. The van der Waals surface area contributed by atoms with Crippen LogP contribution in [0.4, 0.5) is 9.52 Å². The van der Waals surface area contributed by atoms with E-state index in [0.717, 1.165) is 12.8 Å². The van der Waals surface area contributed by atoms with Crippen LogP contribution >= 0.6 is 11.3 Å². The number of ether oxygens (including phenoxy) is 1. The fourth-order valence-corrected chi connectivity index (χ4v) is 4.24. The van der Waals surface area contributed by atoms with Crippen LogP contribution in [0.2, 0.25) is 0 Å². The first-order chi connectivity index (χ1) is 13.5. The van der Waals surface area contributed by atoms with E-state index in [1.807, 2.05) is 0 Å². The molecule has 1 unspecified atom stereocenters. The standard InChI is InChI=1S/C21H19FN2O3S/c1-13(25)14-4-6-15(7-5-14)20(26)24(12-17-3-2-10-27-17)21-23-18-9-8-16(22)11-19(18)28-21/h4-9,11,17H,2-3,10,12H2,1H3. The highest BCUT2D eigenvalue weighted by Gasteiger charge is 2.27. The van der Waals surface area contributed by atoms with Crippen molar-refractivity contribution in [1.82, 2.24) is 4.98 Å². The van der Waals surface area contributed by atoms with Gasteiger partial charge in [0.05, 0.1) is 22.9 Å². The number of nitrogens with zero attached hydrogens (tertiary/aromatic N) is 2. The molecule has 1 fully saturated rings. The zero-order valence-corrected chi connectivity index (χ0v) is 16.2. The second-order valence-electron chi connectivity index (χ2n) is 6.79. The summed E-state index contributed by atoms with van der Waals surface area (Å²) in [6, 6.07) is 11.0. The number of rotatable bonds is 5. The van der Waals surface area contributed by atoms with Gasteiger partial charge in [0.1, 0.15) is 5.82 Å². The average molecular weight is 398 g/mol. The lowest BCUT2D eigenvalue weighted by molar-refractivity contribution is 0.0916. The van der Waals surface area contributed by atoms with Gasteiger partial charge in [-0.3, -0.25) is 14.5 Å². The van der Waals surface area contributed by atoms with Crippen LogP contribution in [0, 0.1) is 5.82 Å². The molecule has 1 aliphatic rings. The van der Waals surface area contributed by atoms with Crippen LogP contribution < -0.4 is 4.90 Å². The van der Waals surface area contributed by atoms with E-state index in [1.165, 1.54) is 30.4 Å². The lowest BCUT2D eigenvalue weighted by Crippen LogP contribution is -2.37. The molecule has 5 nitrogen and oxygen atoms in total. The Hall–Kier alpha value is -2.64. The van der Waals surface area contributed by atoms with Gasteiger partial charge in [0.15, 0.2) is 10.9 Å². The Morgan fingerprint density at radius 2 is 1.96 bits per heavy atom. The molecule has 2 heterocycles. The van der Waals surface area contributed by atoms with Crippen LogP contribution in [-0.4, -0.2) is 35.9 Å². The lowest BCUT2D eigenvalue weighted by atomic mass is 10.1. The molecule has 3 aromatic rings. The number of thiazole rings is 1. The Morgan fingerprint density at radius 1 is 1.21 bits per heavy atom. The fourth-order valence-electron chi connectivity index (χ4n) is 3.24. The molecule has 0 saturated carbocycles. The molecule has 1 saturated heterocycles. The smallest absolute Gasteiger partial charge is 0.260 e. The topological polar surface area (TPSA) is 59.5 Å². The second kappa shape index (κ2) is 7.77. The minimum absolute atomic E-state index is 0.0517. The van der Waals surface area contributed by atoms with E-state index in [-0.39, 0.29) is 23.6 Å². The number of hydrogen-bond acceptors (Lipinski definition) is 5. The number of hydrogen-bond donors (Lipinski definition) is 0. The second-order valence-corrected chi connectivity index (χ2v) is 7.80. The van der Waals surface area contributed by atoms with Crippen molar-refractivity contribution in [3.8, 4) is 0 Å². The van der Waals surface area contributed by atoms with Crippen LogP contribution in [0.15, 0.2) is 42.5 Å². The molecule has 0 bridgehead atoms. The number of carbonyl (C=O) groups excluding carboxylic acids is 2. The highest BCUT2D eigenvalue weighted by Crippen LogP contribution is 2.31. The van der Waals surface area contributed by atoms with E-state index in [1.54, 1.807) is 35.2 Å². The van der Waals surface area contributed by atoms with Crippen LogP contribution in [0.25, 0.3) is 10.2 Å². The highest BCUT2D eigenvalue weighted by molar-refractivity contribution is 7.22. The maximum atomic E-state index is 13.6. The molecular formula is C21H19FN2O3S. The molecule has 4 rings (SSSR count). The zero-order valence-electron chi connectivity index (χ0n) is 15.4. The van der Waals surface area contributed by atoms with E-state index in [0.29, 0.717) is 39.6 Å². The molecule has 0 spiro atoms. The van der Waals surface area contributed by atoms with Crippen LogP contribution in [0.3, 0.4) is 0 Å². The number of fused-ring (bicyclic) bond motifs is 1. The molecule has 0 radical (unpaired) electrons. The summed E-state index contributed by atoms with van der Waals surface area (Å²) in [6.45, 7) is 2.56. The summed E-state index contributed by atoms with van der Waals surface area (Å²) in [5.74, 6) is -0.604. The van der Waals surface area contributed by atoms with E-state index in [9.17, 15) is 14.0 Å². The summed E-state index contributed by atoms with van der Waals surface area (Å²) in [7, 11) is 0. The third kappa shape index (κ3) is 3.81. The first-order valence-electron chi connectivity index (χ1n) is 9.12. The number of Topliss-reactive ketones (excluding diaryl/α,β-unsaturated/α-hetero) is 1. The largest absolute Gasteiger partial charge is 0.376 e. The molecule has 144 valence electrons. The highest BCUT2D eigenvalue weighted by atomic mass is 32.1. The predicted octanol–water partition coefficient (Wildman–Crippen LogP) is 4.46. The molecule has 7 heteroatoms. The number of benzene rings is 2. The van der Waals surface area contributed by atoms with Gasteiger partial charge in [-0.2, -0.15) is 0 Å². The van der Waals surface area contributed by atoms with Gasteiger partial charge in [-0.1, -0.05) is 23.5 Å². The van der Waals surface area contributed by atoms with Crippen molar-refractivity contribution in [2.24, 2.45) is 0 Å². The molecule has 0 N–H and O–H groups in total. The van der Waals surface area contributed by atoms with E-state index in [2.05, 4.69) is 4.98 Å². The van der Waals surface area contributed by atoms with E-state index < -0.39 is 0 Å². The van der Waals surface area contributed by atoms with Crippen molar-refractivity contribution < 1.29 is 18.7 Å². The lowest BCUT2D eigenvalue weighted by Gasteiger charge is -2.23. The van der Waals surface area contributed by atoms with Gasteiger partial charge in [0.25, 0.3) is 5.91 Å². The Balaban J connectivity index is 1.69. The van der Waals surface area contributed by atoms with Gasteiger partial charge in [-0.15, -0.1) is 0 Å². The summed E-state index contributed by atoms with van der Waals surface area (Å²) in [5.41, 5.74) is 1.67. The normalized spacial score (nSPS) is 16.4. The molecule has 1 aliphatic heterocycles. The Morgan fingerprint density at radius 3 is 2.64 bits per heavy atom. The third-order valence-electron chi connectivity index (χ3n) is 4.76. The quantitative estimate of drug-likeness (QED) is 0.595. The molecule has 2 aromatic carbocycles. The van der Waals surface area contributed by atoms with Gasteiger partial charge < -0.3 is 4.74 Å². The number of amides is 1. The van der Waals surface area contributed by atoms with Gasteiger partial charge in [0, 0.05) is 17.7 Å². The summed E-state index contributed by atoms with van der Waals surface area (Å²) >= 11 is 1.28. The SMILES string of the molecule is CC(=O)c1ccc(C(=O)N(CC2CCCO2)c2nc3ccc(F)cc3s2)cc1. The molecule has 1 amide bonds. The van der Waals surface area contributed by atoms with Crippen molar-refractivity contribution in [3.63, 3.8) is 0 Å². The first-order valence-corrected chi connectivity index (χ1v) is 9.93. The maximum Gasteiger partial charge on any atom is 0.260 e. The number of ketones is 1. The zero-order chi connectivity index (χ0) is 19.7. The molecule has 1 aromatic heterocycles. The Bertz CT molecular complexity index is 1030. The van der Waals surface area contributed by atoms with Crippen molar-refractivity contribution in [2.75, 3.05) is 18.1 Å². The number of aromatic nitrogens is 1. The van der Waals surface area contributed by atoms with Gasteiger partial charge in [-0.25, -0.2) is 9.37 Å². The van der Waals surface area contributed by atoms with Gasteiger partial charge in [0.2, 0.25) is 0 Å². The monoisotopic (exact) mass is 398 g/mol. The van der Waals surface area contributed by atoms with Crippen molar-refractivity contribution >= 4 is 38.4 Å². The fraction of sp³-hybridized carbons (Fsp3) is 0.286. The van der Waals surface area contributed by atoms with E-state index in [4.69, 9.17) is 4.74 Å². The Kier molecular flexibility index (Phi) is 5.19. The van der Waals surface area contributed by atoms with Crippen molar-refractivity contribution in [1.29, 1.82) is 0 Å². The Labute approximate surface area is 165 Å². The van der Waals surface area contributed by atoms with Crippen LogP contribution in [0.5, 0.6) is 0 Å². The third-order valence-corrected chi connectivity index (χ3v) is 5.80. The molecule has 0 aliphatic carbocycles. The van der Waals surface area contributed by atoms with Crippen molar-refractivity contribution in [2.45, 2.75) is 25.9 Å². The predicted molar refractivity (Wildman–Crippen MR) is 107 cm³/mol. The average Bonchev–Trinajstić information content (AvgIpc) is 3.34. The van der Waals surface area contributed by atoms with E-state index >= 15 is 0 Å². The van der Waals surface area contributed by atoms with Crippen LogP contribution in [0.1, 0.15) is 40.5 Å². The number of halogens is 1. The summed E-state index contributed by atoms with van der Waals surface area (Å²) in [5, 5.41) is 0.511. The van der Waals surface area contributed by atoms with Gasteiger partial charge >= 0.3 is 0 Å². The summed E-state index contributed by atoms with van der Waals surface area (Å²) in [6.07, 6.45) is 1.79. The summed E-state index contributed by atoms with van der Waals surface area (Å²) in [4.78, 5) is 30.9. The molecule has 28 heavy (non-hydrogen) atoms. The maximum absolute atomic E-state index is 13.6. The van der Waals surface area contributed by atoms with Gasteiger partial charge in [-0.05, 0) is 50.1 Å².